The Morgan fingerprint density at radius 1 is 1.18 bits per heavy atom. The molecule has 1 aromatic carbocycles. The standard InChI is InChI=1S/C17H16N6O3S2/c1-10(2)12-6-3-7-13-14(12)15(24)23(28(13,25)26)16(11-5-4-8-18-9-11)27-17-19-21-22-20-17/h3-10,16H,1-2H3,(H,19,20,21,22). The molecule has 1 aliphatic heterocycles. The minimum Gasteiger partial charge on any atom is -0.268 e. The second-order valence-corrected chi connectivity index (χ2v) is 9.26. The van der Waals surface area contributed by atoms with Crippen LogP contribution in [0.5, 0.6) is 0 Å². The number of aromatic amines is 1. The van der Waals surface area contributed by atoms with Crippen LogP contribution >= 0.6 is 11.8 Å². The Kier molecular flexibility index (Phi) is 4.63. The number of nitrogens with zero attached hydrogens (tertiary/aromatic N) is 5. The summed E-state index contributed by atoms with van der Waals surface area (Å²) in [4.78, 5) is 17.4. The minimum atomic E-state index is -4.05. The van der Waals surface area contributed by atoms with Crippen molar-refractivity contribution in [3.8, 4) is 0 Å². The molecule has 0 aliphatic carbocycles. The van der Waals surface area contributed by atoms with Gasteiger partial charge < -0.3 is 0 Å². The van der Waals surface area contributed by atoms with E-state index < -0.39 is 21.3 Å². The number of benzene rings is 1. The first kappa shape index (κ1) is 18.6. The Morgan fingerprint density at radius 3 is 2.64 bits per heavy atom. The third-order valence-electron chi connectivity index (χ3n) is 4.36. The van der Waals surface area contributed by atoms with Crippen LogP contribution in [0.4, 0.5) is 0 Å². The number of sulfonamides is 1. The number of nitrogens with one attached hydrogen (secondary N) is 1. The lowest BCUT2D eigenvalue weighted by Gasteiger charge is -2.25. The topological polar surface area (TPSA) is 122 Å². The van der Waals surface area contributed by atoms with Crippen molar-refractivity contribution < 1.29 is 13.2 Å². The van der Waals surface area contributed by atoms with Crippen molar-refractivity contribution in [2.24, 2.45) is 0 Å². The fourth-order valence-corrected chi connectivity index (χ4v) is 6.03. The number of aromatic nitrogens is 5. The number of carbonyl (C=O) groups is 1. The number of pyridine rings is 1. The molecule has 0 bridgehead atoms. The van der Waals surface area contributed by atoms with E-state index in [1.54, 1.807) is 30.5 Å². The molecule has 0 radical (unpaired) electrons. The molecule has 1 amide bonds. The van der Waals surface area contributed by atoms with Gasteiger partial charge in [0.25, 0.3) is 15.9 Å². The molecule has 28 heavy (non-hydrogen) atoms. The molecular formula is C17H16N6O3S2. The molecule has 2 aromatic heterocycles. The van der Waals surface area contributed by atoms with E-state index in [2.05, 4.69) is 25.6 Å². The number of fused-ring (bicyclic) bond motifs is 1. The molecule has 1 unspecified atom stereocenters. The number of amides is 1. The molecular weight excluding hydrogens is 400 g/mol. The average molecular weight is 416 g/mol. The van der Waals surface area contributed by atoms with E-state index in [0.29, 0.717) is 11.1 Å². The van der Waals surface area contributed by atoms with E-state index in [0.717, 1.165) is 16.1 Å². The zero-order valence-electron chi connectivity index (χ0n) is 15.0. The number of rotatable bonds is 5. The van der Waals surface area contributed by atoms with Gasteiger partial charge in [0.15, 0.2) is 0 Å². The lowest BCUT2D eigenvalue weighted by Crippen LogP contribution is -2.33. The summed E-state index contributed by atoms with van der Waals surface area (Å²) in [5.41, 5.74) is 1.45. The van der Waals surface area contributed by atoms with Gasteiger partial charge in [-0.3, -0.25) is 9.78 Å². The van der Waals surface area contributed by atoms with Crippen molar-refractivity contribution in [1.82, 2.24) is 29.9 Å². The van der Waals surface area contributed by atoms with Crippen LogP contribution in [-0.2, 0) is 10.0 Å². The van der Waals surface area contributed by atoms with E-state index in [1.165, 1.54) is 12.3 Å². The second-order valence-electron chi connectivity index (χ2n) is 6.43. The minimum absolute atomic E-state index is 0.00393. The second kappa shape index (κ2) is 6.99. The summed E-state index contributed by atoms with van der Waals surface area (Å²) in [6.45, 7) is 3.84. The fraction of sp³-hybridized carbons (Fsp3) is 0.235. The quantitative estimate of drug-likeness (QED) is 0.629. The molecule has 1 atom stereocenters. The van der Waals surface area contributed by atoms with Crippen molar-refractivity contribution in [2.45, 2.75) is 35.2 Å². The molecule has 0 saturated carbocycles. The molecule has 1 N–H and O–H groups in total. The van der Waals surface area contributed by atoms with E-state index in [4.69, 9.17) is 0 Å². The third-order valence-corrected chi connectivity index (χ3v) is 7.37. The highest BCUT2D eigenvalue weighted by atomic mass is 32.2. The zero-order valence-corrected chi connectivity index (χ0v) is 16.6. The first-order chi connectivity index (χ1) is 13.4. The van der Waals surface area contributed by atoms with Crippen LogP contribution in [-0.4, -0.2) is 44.2 Å². The van der Waals surface area contributed by atoms with Gasteiger partial charge in [0.05, 0.1) is 5.56 Å². The molecule has 0 spiro atoms. The number of hydrogen-bond acceptors (Lipinski definition) is 8. The molecule has 3 heterocycles. The number of thioether (sulfide) groups is 1. The van der Waals surface area contributed by atoms with Gasteiger partial charge in [-0.15, -0.1) is 10.2 Å². The van der Waals surface area contributed by atoms with Gasteiger partial charge >= 0.3 is 0 Å². The van der Waals surface area contributed by atoms with E-state index in [9.17, 15) is 13.2 Å². The number of carbonyl (C=O) groups excluding carboxylic acids is 1. The van der Waals surface area contributed by atoms with Crippen molar-refractivity contribution in [1.29, 1.82) is 0 Å². The lowest BCUT2D eigenvalue weighted by molar-refractivity contribution is 0.0860. The van der Waals surface area contributed by atoms with Gasteiger partial charge in [-0.1, -0.05) is 43.8 Å². The highest BCUT2D eigenvalue weighted by Gasteiger charge is 2.47. The largest absolute Gasteiger partial charge is 0.270 e. The number of tetrazole rings is 1. The molecule has 1 aliphatic rings. The van der Waals surface area contributed by atoms with Crippen LogP contribution in [0, 0.1) is 0 Å². The molecule has 11 heteroatoms. The van der Waals surface area contributed by atoms with Gasteiger partial charge in [0.2, 0.25) is 5.16 Å². The Hall–Kier alpha value is -2.79. The van der Waals surface area contributed by atoms with Crippen LogP contribution in [0.2, 0.25) is 0 Å². The maximum atomic E-state index is 13.3. The Balaban J connectivity index is 1.87. The molecule has 0 saturated heterocycles. The monoisotopic (exact) mass is 416 g/mol. The number of hydrogen-bond donors (Lipinski definition) is 1. The molecule has 9 nitrogen and oxygen atoms in total. The van der Waals surface area contributed by atoms with E-state index in [1.807, 2.05) is 13.8 Å². The van der Waals surface area contributed by atoms with Crippen molar-refractivity contribution >= 4 is 27.7 Å². The van der Waals surface area contributed by atoms with Crippen molar-refractivity contribution in [3.05, 3.63) is 59.4 Å². The SMILES string of the molecule is CC(C)c1cccc2c1C(=O)N(C(Sc1nn[nH]n1)c1cccnc1)S2(=O)=O. The fourth-order valence-electron chi connectivity index (χ4n) is 3.11. The van der Waals surface area contributed by atoms with Crippen molar-refractivity contribution in [3.63, 3.8) is 0 Å². The smallest absolute Gasteiger partial charge is 0.268 e. The lowest BCUT2D eigenvalue weighted by atomic mass is 9.97. The summed E-state index contributed by atoms with van der Waals surface area (Å²) in [7, 11) is -4.05. The molecule has 3 aromatic rings. The first-order valence-electron chi connectivity index (χ1n) is 8.43. The predicted octanol–water partition coefficient (Wildman–Crippen LogP) is 2.35. The van der Waals surface area contributed by atoms with Crippen molar-refractivity contribution in [2.75, 3.05) is 0 Å². The average Bonchev–Trinajstić information content (AvgIpc) is 3.26. The summed E-state index contributed by atoms with van der Waals surface area (Å²) in [6.07, 6.45) is 3.10. The van der Waals surface area contributed by atoms with E-state index in [-0.39, 0.29) is 21.5 Å². The Labute approximate surface area is 165 Å². The highest BCUT2D eigenvalue weighted by molar-refractivity contribution is 8.00. The summed E-state index contributed by atoms with van der Waals surface area (Å²) >= 11 is 1.01. The summed E-state index contributed by atoms with van der Waals surface area (Å²) < 4.78 is 27.5. The summed E-state index contributed by atoms with van der Waals surface area (Å²) in [5.74, 6) is -0.570. The highest BCUT2D eigenvalue weighted by Crippen LogP contribution is 2.45. The molecule has 4 rings (SSSR count). The maximum absolute atomic E-state index is 13.3. The van der Waals surface area contributed by atoms with E-state index >= 15 is 0 Å². The zero-order chi connectivity index (χ0) is 19.9. The Bertz CT molecular complexity index is 1120. The molecule has 0 fully saturated rings. The van der Waals surface area contributed by atoms with Crippen LogP contribution in [0.25, 0.3) is 0 Å². The van der Waals surface area contributed by atoms with Crippen LogP contribution in [0.15, 0.2) is 52.8 Å². The van der Waals surface area contributed by atoms with Gasteiger partial charge in [0.1, 0.15) is 10.3 Å². The van der Waals surface area contributed by atoms with Crippen LogP contribution in [0.1, 0.15) is 46.6 Å². The van der Waals surface area contributed by atoms with Gasteiger partial charge in [-0.25, -0.2) is 12.7 Å². The Morgan fingerprint density at radius 2 is 2.00 bits per heavy atom. The predicted molar refractivity (Wildman–Crippen MR) is 101 cm³/mol. The van der Waals surface area contributed by atoms with Gasteiger partial charge in [0, 0.05) is 18.0 Å². The third kappa shape index (κ3) is 2.96. The summed E-state index contributed by atoms with van der Waals surface area (Å²) in [6, 6.07) is 8.30. The van der Waals surface area contributed by atoms with Crippen LogP contribution < -0.4 is 0 Å². The summed E-state index contributed by atoms with van der Waals surface area (Å²) in [5, 5.41) is 12.9. The maximum Gasteiger partial charge on any atom is 0.270 e. The molecule has 144 valence electrons. The van der Waals surface area contributed by atoms with Gasteiger partial charge in [-0.05, 0) is 28.8 Å². The van der Waals surface area contributed by atoms with Gasteiger partial charge in [-0.2, -0.15) is 5.21 Å². The normalized spacial score (nSPS) is 16.4. The van der Waals surface area contributed by atoms with Crippen LogP contribution in [0.3, 0.4) is 0 Å². The number of H-pyrrole nitrogens is 1. The first-order valence-corrected chi connectivity index (χ1v) is 10.7.